The Bertz CT molecular complexity index is 1260. The fourth-order valence-electron chi connectivity index (χ4n) is 4.03. The van der Waals surface area contributed by atoms with Crippen LogP contribution in [0.1, 0.15) is 49.4 Å². The Morgan fingerprint density at radius 3 is 2.43 bits per heavy atom. The molecule has 35 heavy (non-hydrogen) atoms. The van der Waals surface area contributed by atoms with E-state index in [0.717, 1.165) is 6.42 Å². The van der Waals surface area contributed by atoms with E-state index >= 15 is 0 Å². The van der Waals surface area contributed by atoms with Gasteiger partial charge in [-0.2, -0.15) is 9.97 Å². The number of pyridine rings is 1. The first-order valence-electron chi connectivity index (χ1n) is 11.0. The average molecular weight is 523 g/mol. The Hall–Kier alpha value is -2.83. The Morgan fingerprint density at radius 2 is 1.86 bits per heavy atom. The van der Waals surface area contributed by atoms with Gasteiger partial charge in [0.15, 0.2) is 21.3 Å². The molecule has 4 heterocycles. The topological polar surface area (TPSA) is 131 Å². The van der Waals surface area contributed by atoms with Gasteiger partial charge in [0.2, 0.25) is 11.8 Å². The Balaban J connectivity index is 1.76. The number of methoxy groups -OCH3 is 2. The number of ether oxygens (including phenoxy) is 3. The fourth-order valence-corrected chi connectivity index (χ4v) is 5.71. The van der Waals surface area contributed by atoms with E-state index < -0.39 is 15.1 Å². The van der Waals surface area contributed by atoms with Crippen LogP contribution in [0, 0.1) is 0 Å². The first-order valence-corrected chi connectivity index (χ1v) is 13.1. The summed E-state index contributed by atoms with van der Waals surface area (Å²) >= 11 is 5.94. The van der Waals surface area contributed by atoms with E-state index in [1.54, 1.807) is 23.6 Å². The van der Waals surface area contributed by atoms with Gasteiger partial charge in [0, 0.05) is 30.3 Å². The number of hydrogen-bond donors (Lipinski definition) is 0. The van der Waals surface area contributed by atoms with Gasteiger partial charge < -0.3 is 14.2 Å². The molecule has 1 aliphatic heterocycles. The molecule has 0 aromatic carbocycles. The van der Waals surface area contributed by atoms with Gasteiger partial charge in [-0.05, 0) is 25.5 Å². The summed E-state index contributed by atoms with van der Waals surface area (Å²) in [5.41, 5.74) is 0.977. The summed E-state index contributed by atoms with van der Waals surface area (Å²) in [5.74, 6) is 0.349. The molecule has 0 N–H and O–H groups in total. The van der Waals surface area contributed by atoms with Crippen molar-refractivity contribution in [1.82, 2.24) is 29.7 Å². The molecule has 1 aliphatic rings. The second-order valence-electron chi connectivity index (χ2n) is 8.31. The molecule has 3 aromatic heterocycles. The van der Waals surface area contributed by atoms with Crippen molar-refractivity contribution >= 4 is 21.4 Å². The van der Waals surface area contributed by atoms with E-state index in [4.69, 9.17) is 25.8 Å². The Labute approximate surface area is 208 Å². The summed E-state index contributed by atoms with van der Waals surface area (Å²) in [6.07, 6.45) is 3.54. The maximum absolute atomic E-state index is 13.6. The van der Waals surface area contributed by atoms with E-state index in [-0.39, 0.29) is 35.2 Å². The van der Waals surface area contributed by atoms with Crippen LogP contribution in [0.3, 0.4) is 0 Å². The van der Waals surface area contributed by atoms with Gasteiger partial charge in [-0.1, -0.05) is 18.5 Å². The van der Waals surface area contributed by atoms with Crippen molar-refractivity contribution in [2.75, 3.05) is 27.4 Å². The van der Waals surface area contributed by atoms with Gasteiger partial charge in [0.05, 0.1) is 31.1 Å². The van der Waals surface area contributed by atoms with Crippen molar-refractivity contribution in [3.8, 4) is 17.4 Å². The highest BCUT2D eigenvalue weighted by molar-refractivity contribution is 7.91. The van der Waals surface area contributed by atoms with Crippen molar-refractivity contribution in [1.29, 1.82) is 0 Å². The van der Waals surface area contributed by atoms with Crippen LogP contribution in [0.4, 0.5) is 0 Å². The zero-order valence-corrected chi connectivity index (χ0v) is 21.5. The number of rotatable bonds is 9. The number of aromatic nitrogens is 6. The molecule has 3 atom stereocenters. The van der Waals surface area contributed by atoms with Gasteiger partial charge in [-0.15, -0.1) is 10.2 Å². The standard InChI is InChI=1S/C22H27ClN6O5S/c1-13(17-6-5-16(23)9-24-17)14(2)35(30,31)11-18-27-28-20(15-7-8-34-10-15)29(18)19-21(32-3)25-12-26-22(19)33-4/h5-6,9,12-15H,7-8,10-11H2,1-4H3/t13-,14-,15+/m0/s1. The molecule has 1 saturated heterocycles. The van der Waals surface area contributed by atoms with Gasteiger partial charge >= 0.3 is 0 Å². The maximum Gasteiger partial charge on any atom is 0.245 e. The fraction of sp³-hybridized carbons (Fsp3) is 0.500. The minimum atomic E-state index is -3.70. The van der Waals surface area contributed by atoms with Gasteiger partial charge in [-0.3, -0.25) is 9.55 Å². The molecule has 0 amide bonds. The van der Waals surface area contributed by atoms with E-state index in [2.05, 4.69) is 25.1 Å². The van der Waals surface area contributed by atoms with Crippen LogP contribution in [0.25, 0.3) is 5.69 Å². The summed E-state index contributed by atoms with van der Waals surface area (Å²) < 4.78 is 45.2. The van der Waals surface area contributed by atoms with Crippen LogP contribution < -0.4 is 9.47 Å². The van der Waals surface area contributed by atoms with Crippen molar-refractivity contribution < 1.29 is 22.6 Å². The Morgan fingerprint density at radius 1 is 1.14 bits per heavy atom. The highest BCUT2D eigenvalue weighted by Gasteiger charge is 2.34. The number of sulfone groups is 1. The van der Waals surface area contributed by atoms with Crippen molar-refractivity contribution in [3.05, 3.63) is 47.0 Å². The molecule has 0 unspecified atom stereocenters. The molecule has 11 nitrogen and oxygen atoms in total. The lowest BCUT2D eigenvalue weighted by atomic mass is 10.0. The molecule has 3 aromatic rings. The van der Waals surface area contributed by atoms with Crippen molar-refractivity contribution in [2.24, 2.45) is 0 Å². The SMILES string of the molecule is COc1ncnc(OC)c1-n1c(CS(=O)(=O)[C@@H](C)[C@H](C)c2ccc(Cl)cn2)nnc1[C@@H]1CCOC1. The third kappa shape index (κ3) is 5.09. The number of nitrogens with zero attached hydrogens (tertiary/aromatic N) is 6. The molecular weight excluding hydrogens is 496 g/mol. The smallest absolute Gasteiger partial charge is 0.245 e. The highest BCUT2D eigenvalue weighted by atomic mass is 35.5. The summed E-state index contributed by atoms with van der Waals surface area (Å²) in [7, 11) is -0.770. The van der Waals surface area contributed by atoms with Gasteiger partial charge in [0.1, 0.15) is 17.9 Å². The Kier molecular flexibility index (Phi) is 7.53. The normalized spacial score (nSPS) is 17.8. The molecule has 4 rings (SSSR count). The van der Waals surface area contributed by atoms with E-state index in [1.807, 2.05) is 6.92 Å². The molecule has 1 fully saturated rings. The first kappa shape index (κ1) is 25.3. The van der Waals surface area contributed by atoms with E-state index in [0.29, 0.717) is 35.4 Å². The lowest BCUT2D eigenvalue weighted by Gasteiger charge is -2.21. The number of hydrogen-bond acceptors (Lipinski definition) is 10. The van der Waals surface area contributed by atoms with Crippen LogP contribution in [0.2, 0.25) is 5.02 Å². The van der Waals surface area contributed by atoms with Crippen LogP contribution >= 0.6 is 11.6 Å². The third-order valence-electron chi connectivity index (χ3n) is 6.23. The number of halogens is 1. The molecule has 0 bridgehead atoms. The minimum absolute atomic E-state index is 0.0804. The molecule has 0 radical (unpaired) electrons. The van der Waals surface area contributed by atoms with E-state index in [9.17, 15) is 8.42 Å². The third-order valence-corrected chi connectivity index (χ3v) is 8.66. The lowest BCUT2D eigenvalue weighted by Crippen LogP contribution is -2.27. The second kappa shape index (κ2) is 10.4. The zero-order valence-electron chi connectivity index (χ0n) is 19.9. The zero-order chi connectivity index (χ0) is 25.2. The highest BCUT2D eigenvalue weighted by Crippen LogP contribution is 2.35. The van der Waals surface area contributed by atoms with E-state index in [1.165, 1.54) is 26.7 Å². The first-order chi connectivity index (χ1) is 16.8. The van der Waals surface area contributed by atoms with Crippen molar-refractivity contribution in [3.63, 3.8) is 0 Å². The minimum Gasteiger partial charge on any atom is -0.479 e. The quantitative estimate of drug-likeness (QED) is 0.413. The second-order valence-corrected chi connectivity index (χ2v) is 11.1. The molecule has 188 valence electrons. The molecule has 0 aliphatic carbocycles. The lowest BCUT2D eigenvalue weighted by molar-refractivity contribution is 0.193. The van der Waals surface area contributed by atoms with Gasteiger partial charge in [0.25, 0.3) is 0 Å². The van der Waals surface area contributed by atoms with Crippen LogP contribution in [0.5, 0.6) is 11.8 Å². The molecular formula is C22H27ClN6O5S. The molecule has 0 saturated carbocycles. The van der Waals surface area contributed by atoms with Crippen LogP contribution in [-0.2, 0) is 20.3 Å². The summed E-state index contributed by atoms with van der Waals surface area (Å²) in [5, 5.41) is 8.37. The largest absolute Gasteiger partial charge is 0.479 e. The van der Waals surface area contributed by atoms with Crippen LogP contribution in [-0.4, -0.2) is 70.8 Å². The maximum atomic E-state index is 13.6. The predicted molar refractivity (Wildman–Crippen MR) is 128 cm³/mol. The summed E-state index contributed by atoms with van der Waals surface area (Å²) in [4.78, 5) is 12.7. The van der Waals surface area contributed by atoms with Crippen LogP contribution in [0.15, 0.2) is 24.7 Å². The predicted octanol–water partition coefficient (Wildman–Crippen LogP) is 2.73. The van der Waals surface area contributed by atoms with Gasteiger partial charge in [-0.25, -0.2) is 8.42 Å². The molecule has 13 heteroatoms. The summed E-state index contributed by atoms with van der Waals surface area (Å²) in [6.45, 7) is 4.50. The monoisotopic (exact) mass is 522 g/mol. The average Bonchev–Trinajstić information content (AvgIpc) is 3.52. The van der Waals surface area contributed by atoms with Crippen molar-refractivity contribution in [2.45, 2.75) is 43.1 Å². The molecule has 0 spiro atoms. The summed E-state index contributed by atoms with van der Waals surface area (Å²) in [6, 6.07) is 3.43.